The molecule has 18 heavy (non-hydrogen) atoms. The maximum atomic E-state index is 10.3. The summed E-state index contributed by atoms with van der Waals surface area (Å²) in [6.07, 6.45) is 2.05. The molecule has 1 aliphatic rings. The lowest BCUT2D eigenvalue weighted by Crippen LogP contribution is -2.41. The molecule has 0 aliphatic carbocycles. The quantitative estimate of drug-likeness (QED) is 0.808. The number of aliphatic hydroxyl groups excluding tert-OH is 1. The molecule has 100 valence electrons. The van der Waals surface area contributed by atoms with Gasteiger partial charge in [0, 0.05) is 18.8 Å². The Kier molecular flexibility index (Phi) is 3.93. The molecule has 1 aliphatic heterocycles. The van der Waals surface area contributed by atoms with Crippen molar-refractivity contribution in [1.82, 2.24) is 4.90 Å². The Morgan fingerprint density at radius 2 is 2.22 bits per heavy atom. The molecule has 1 aromatic rings. The second-order valence-corrected chi connectivity index (χ2v) is 6.19. The summed E-state index contributed by atoms with van der Waals surface area (Å²) in [5, 5.41) is 10.3. The molecule has 1 saturated heterocycles. The molecule has 1 atom stereocenters. The van der Waals surface area contributed by atoms with Gasteiger partial charge in [0.05, 0.1) is 6.10 Å². The highest BCUT2D eigenvalue weighted by Gasteiger charge is 2.27. The number of aliphatic hydroxyl groups is 1. The SMILES string of the molecule is CC1(C)CCCN(CC(O)c2cccc(N)c2)C1. The number of nitrogens with zero attached hydrogens (tertiary/aromatic N) is 1. The maximum Gasteiger partial charge on any atom is 0.0917 e. The molecule has 0 spiro atoms. The zero-order valence-electron chi connectivity index (χ0n) is 11.4. The van der Waals surface area contributed by atoms with Crippen LogP contribution < -0.4 is 5.73 Å². The highest BCUT2D eigenvalue weighted by atomic mass is 16.3. The molecule has 0 bridgehead atoms. The molecule has 0 saturated carbocycles. The number of piperidine rings is 1. The van der Waals surface area contributed by atoms with Crippen LogP contribution in [0.4, 0.5) is 5.69 Å². The van der Waals surface area contributed by atoms with Gasteiger partial charge in [0.25, 0.3) is 0 Å². The van der Waals surface area contributed by atoms with E-state index in [0.29, 0.717) is 17.6 Å². The Morgan fingerprint density at radius 1 is 1.44 bits per heavy atom. The van der Waals surface area contributed by atoms with Crippen molar-refractivity contribution >= 4 is 5.69 Å². The molecular weight excluding hydrogens is 224 g/mol. The predicted octanol–water partition coefficient (Wildman–Crippen LogP) is 2.42. The normalized spacial score (nSPS) is 21.7. The first-order valence-corrected chi connectivity index (χ1v) is 6.72. The minimum absolute atomic E-state index is 0.369. The van der Waals surface area contributed by atoms with Crippen LogP contribution in [0, 0.1) is 5.41 Å². The molecule has 1 aromatic carbocycles. The average molecular weight is 248 g/mol. The van der Waals surface area contributed by atoms with E-state index in [-0.39, 0.29) is 0 Å². The molecule has 0 aromatic heterocycles. The van der Waals surface area contributed by atoms with Gasteiger partial charge in [-0.15, -0.1) is 0 Å². The summed E-state index contributed by atoms with van der Waals surface area (Å²) in [7, 11) is 0. The van der Waals surface area contributed by atoms with E-state index in [1.165, 1.54) is 12.8 Å². The lowest BCUT2D eigenvalue weighted by Gasteiger charge is -2.38. The molecule has 3 nitrogen and oxygen atoms in total. The first kappa shape index (κ1) is 13.4. The number of hydrogen-bond donors (Lipinski definition) is 2. The minimum atomic E-state index is -0.442. The highest BCUT2D eigenvalue weighted by Crippen LogP contribution is 2.29. The van der Waals surface area contributed by atoms with Crippen molar-refractivity contribution in [3.8, 4) is 0 Å². The number of anilines is 1. The fourth-order valence-electron chi connectivity index (χ4n) is 2.82. The van der Waals surface area contributed by atoms with Gasteiger partial charge < -0.3 is 10.8 Å². The Labute approximate surface area is 110 Å². The molecule has 1 unspecified atom stereocenters. The van der Waals surface area contributed by atoms with E-state index < -0.39 is 6.10 Å². The van der Waals surface area contributed by atoms with Crippen LogP contribution >= 0.6 is 0 Å². The minimum Gasteiger partial charge on any atom is -0.399 e. The van der Waals surface area contributed by atoms with Crippen molar-refractivity contribution in [1.29, 1.82) is 0 Å². The van der Waals surface area contributed by atoms with Crippen molar-refractivity contribution in [3.63, 3.8) is 0 Å². The van der Waals surface area contributed by atoms with E-state index in [0.717, 1.165) is 18.7 Å². The highest BCUT2D eigenvalue weighted by molar-refractivity contribution is 5.41. The fraction of sp³-hybridized carbons (Fsp3) is 0.600. The van der Waals surface area contributed by atoms with Crippen molar-refractivity contribution in [3.05, 3.63) is 29.8 Å². The fourth-order valence-corrected chi connectivity index (χ4v) is 2.82. The van der Waals surface area contributed by atoms with E-state index in [4.69, 9.17) is 5.73 Å². The van der Waals surface area contributed by atoms with Gasteiger partial charge in [-0.05, 0) is 42.5 Å². The van der Waals surface area contributed by atoms with Gasteiger partial charge in [-0.2, -0.15) is 0 Å². The van der Waals surface area contributed by atoms with Crippen molar-refractivity contribution in [2.24, 2.45) is 5.41 Å². The Hall–Kier alpha value is -1.06. The van der Waals surface area contributed by atoms with Crippen LogP contribution in [0.15, 0.2) is 24.3 Å². The molecule has 2 rings (SSSR count). The zero-order valence-corrected chi connectivity index (χ0v) is 11.4. The molecule has 0 radical (unpaired) electrons. The van der Waals surface area contributed by atoms with E-state index in [9.17, 15) is 5.11 Å². The van der Waals surface area contributed by atoms with Crippen molar-refractivity contribution in [2.45, 2.75) is 32.8 Å². The number of β-amino-alcohol motifs (C(OH)–C–C–N with tert-alkyl or cyclic N) is 1. The van der Waals surface area contributed by atoms with Crippen LogP contribution in [0.3, 0.4) is 0 Å². The lowest BCUT2D eigenvalue weighted by atomic mass is 9.84. The molecule has 1 heterocycles. The summed E-state index contributed by atoms with van der Waals surface area (Å²) in [4.78, 5) is 2.36. The van der Waals surface area contributed by atoms with Gasteiger partial charge in [-0.1, -0.05) is 26.0 Å². The van der Waals surface area contributed by atoms with Crippen LogP contribution in [0.25, 0.3) is 0 Å². The second-order valence-electron chi connectivity index (χ2n) is 6.19. The predicted molar refractivity (Wildman–Crippen MR) is 75.3 cm³/mol. The number of hydrogen-bond acceptors (Lipinski definition) is 3. The summed E-state index contributed by atoms with van der Waals surface area (Å²) < 4.78 is 0. The first-order valence-electron chi connectivity index (χ1n) is 6.72. The monoisotopic (exact) mass is 248 g/mol. The van der Waals surface area contributed by atoms with E-state index >= 15 is 0 Å². The zero-order chi connectivity index (χ0) is 13.2. The molecule has 3 N–H and O–H groups in total. The Balaban J connectivity index is 1.97. The summed E-state index contributed by atoms with van der Waals surface area (Å²) in [6, 6.07) is 7.55. The van der Waals surface area contributed by atoms with E-state index in [1.807, 2.05) is 24.3 Å². The number of nitrogen functional groups attached to an aromatic ring is 1. The van der Waals surface area contributed by atoms with Crippen molar-refractivity contribution < 1.29 is 5.11 Å². The Morgan fingerprint density at radius 3 is 2.89 bits per heavy atom. The summed E-state index contributed by atoms with van der Waals surface area (Å²) in [5.41, 5.74) is 7.75. The number of nitrogens with two attached hydrogens (primary N) is 1. The van der Waals surface area contributed by atoms with Gasteiger partial charge in [0.2, 0.25) is 0 Å². The van der Waals surface area contributed by atoms with Crippen LogP contribution in [0.5, 0.6) is 0 Å². The van der Waals surface area contributed by atoms with E-state index in [1.54, 1.807) is 0 Å². The topological polar surface area (TPSA) is 49.5 Å². The third-order valence-electron chi connectivity index (χ3n) is 3.71. The standard InChI is InChI=1S/C15H24N2O/c1-15(2)7-4-8-17(11-15)10-14(18)12-5-3-6-13(16)9-12/h3,5-6,9,14,18H,4,7-8,10-11,16H2,1-2H3. The van der Waals surface area contributed by atoms with Crippen LogP contribution in [-0.2, 0) is 0 Å². The first-order chi connectivity index (χ1) is 8.46. The van der Waals surface area contributed by atoms with Gasteiger partial charge >= 0.3 is 0 Å². The van der Waals surface area contributed by atoms with Gasteiger partial charge in [-0.3, -0.25) is 4.90 Å². The molecule has 0 amide bonds. The van der Waals surface area contributed by atoms with Gasteiger partial charge in [-0.25, -0.2) is 0 Å². The number of likely N-dealkylation sites (tertiary alicyclic amines) is 1. The summed E-state index contributed by atoms with van der Waals surface area (Å²) >= 11 is 0. The average Bonchev–Trinajstić information content (AvgIpc) is 2.27. The third-order valence-corrected chi connectivity index (χ3v) is 3.71. The van der Waals surface area contributed by atoms with Crippen LogP contribution in [0.2, 0.25) is 0 Å². The van der Waals surface area contributed by atoms with Gasteiger partial charge in [0.1, 0.15) is 0 Å². The number of benzene rings is 1. The molecule has 3 heteroatoms. The smallest absolute Gasteiger partial charge is 0.0917 e. The summed E-state index contributed by atoms with van der Waals surface area (Å²) in [6.45, 7) is 7.44. The second kappa shape index (κ2) is 5.29. The lowest BCUT2D eigenvalue weighted by molar-refractivity contribution is 0.0598. The Bertz CT molecular complexity index is 403. The van der Waals surface area contributed by atoms with Gasteiger partial charge in [0.15, 0.2) is 0 Å². The van der Waals surface area contributed by atoms with Crippen LogP contribution in [-0.4, -0.2) is 29.6 Å². The largest absolute Gasteiger partial charge is 0.399 e. The third kappa shape index (κ3) is 3.47. The molecular formula is C15H24N2O. The van der Waals surface area contributed by atoms with Crippen LogP contribution in [0.1, 0.15) is 38.4 Å². The van der Waals surface area contributed by atoms with E-state index in [2.05, 4.69) is 18.7 Å². The summed E-state index contributed by atoms with van der Waals surface area (Å²) in [5.74, 6) is 0. The maximum absolute atomic E-state index is 10.3. The molecule has 1 fully saturated rings. The number of rotatable bonds is 3. The van der Waals surface area contributed by atoms with Crippen molar-refractivity contribution in [2.75, 3.05) is 25.4 Å².